The van der Waals surface area contributed by atoms with Crippen LogP contribution in [0.2, 0.25) is 0 Å². The van der Waals surface area contributed by atoms with E-state index in [2.05, 4.69) is 16.4 Å². The number of piperidine rings is 1. The molecule has 1 unspecified atom stereocenters. The van der Waals surface area contributed by atoms with Crippen LogP contribution in [0.1, 0.15) is 18.4 Å². The summed E-state index contributed by atoms with van der Waals surface area (Å²) in [4.78, 5) is 4.25. The summed E-state index contributed by atoms with van der Waals surface area (Å²) in [5.41, 5.74) is 0.691. The fraction of sp³-hybridized carbons (Fsp3) is 0.500. The minimum absolute atomic E-state index is 0.691. The molecule has 0 aliphatic carbocycles. The molecule has 0 spiro atoms. The van der Waals surface area contributed by atoms with Crippen LogP contribution in [0, 0.1) is 17.2 Å². The van der Waals surface area contributed by atoms with E-state index in [0.717, 1.165) is 23.9 Å². The van der Waals surface area contributed by atoms with Crippen LogP contribution in [0.3, 0.4) is 0 Å². The highest BCUT2D eigenvalue weighted by atomic mass is 32.2. The number of rotatable bonds is 3. The van der Waals surface area contributed by atoms with E-state index in [4.69, 9.17) is 5.26 Å². The Balaban J connectivity index is 1.91. The molecule has 0 bridgehead atoms. The summed E-state index contributed by atoms with van der Waals surface area (Å²) >= 11 is 1.70. The van der Waals surface area contributed by atoms with Crippen LogP contribution in [0.25, 0.3) is 0 Å². The highest BCUT2D eigenvalue weighted by molar-refractivity contribution is 7.99. The molecule has 16 heavy (non-hydrogen) atoms. The van der Waals surface area contributed by atoms with Gasteiger partial charge in [0.25, 0.3) is 0 Å². The van der Waals surface area contributed by atoms with Gasteiger partial charge in [0.2, 0.25) is 0 Å². The van der Waals surface area contributed by atoms with E-state index in [9.17, 15) is 0 Å². The van der Waals surface area contributed by atoms with Crippen molar-refractivity contribution < 1.29 is 0 Å². The molecule has 84 valence electrons. The third-order valence-corrected chi connectivity index (χ3v) is 3.98. The Morgan fingerprint density at radius 3 is 3.31 bits per heavy atom. The standard InChI is InChI=1S/C12H15N3S/c13-7-11-4-2-6-15-12(11)16-9-10-3-1-5-14-8-10/h2,4,6,10,14H,1,3,5,8-9H2. The molecule has 0 radical (unpaired) electrons. The van der Waals surface area contributed by atoms with Crippen molar-refractivity contribution in [2.45, 2.75) is 17.9 Å². The molecule has 0 aromatic carbocycles. The van der Waals surface area contributed by atoms with Gasteiger partial charge in [-0.05, 0) is 44.0 Å². The van der Waals surface area contributed by atoms with Gasteiger partial charge in [-0.3, -0.25) is 0 Å². The average Bonchev–Trinajstić information content (AvgIpc) is 2.38. The molecular formula is C12H15N3S. The van der Waals surface area contributed by atoms with Crippen molar-refractivity contribution in [2.75, 3.05) is 18.8 Å². The summed E-state index contributed by atoms with van der Waals surface area (Å²) in [6.07, 6.45) is 4.30. The topological polar surface area (TPSA) is 48.7 Å². The highest BCUT2D eigenvalue weighted by Gasteiger charge is 2.14. The molecule has 4 heteroatoms. The first-order chi connectivity index (χ1) is 7.90. The monoisotopic (exact) mass is 233 g/mol. The van der Waals surface area contributed by atoms with Crippen molar-refractivity contribution >= 4 is 11.8 Å². The van der Waals surface area contributed by atoms with E-state index in [1.54, 1.807) is 18.0 Å². The number of nitrogens with zero attached hydrogens (tertiary/aromatic N) is 2. The maximum absolute atomic E-state index is 8.94. The number of nitriles is 1. The van der Waals surface area contributed by atoms with Crippen LogP contribution in [0.4, 0.5) is 0 Å². The maximum Gasteiger partial charge on any atom is 0.114 e. The van der Waals surface area contributed by atoms with Crippen LogP contribution >= 0.6 is 11.8 Å². The lowest BCUT2D eigenvalue weighted by Gasteiger charge is -2.22. The number of aromatic nitrogens is 1. The molecule has 2 rings (SSSR count). The van der Waals surface area contributed by atoms with Crippen molar-refractivity contribution in [3.63, 3.8) is 0 Å². The Morgan fingerprint density at radius 1 is 1.62 bits per heavy atom. The fourth-order valence-electron chi connectivity index (χ4n) is 1.85. The molecule has 0 amide bonds. The van der Waals surface area contributed by atoms with E-state index < -0.39 is 0 Å². The molecule has 2 heterocycles. The van der Waals surface area contributed by atoms with Crippen LogP contribution in [-0.4, -0.2) is 23.8 Å². The van der Waals surface area contributed by atoms with Crippen molar-refractivity contribution in [3.05, 3.63) is 23.9 Å². The largest absolute Gasteiger partial charge is 0.316 e. The third kappa shape index (κ3) is 2.97. The minimum atomic E-state index is 0.691. The molecule has 1 saturated heterocycles. The number of nitrogens with one attached hydrogen (secondary N) is 1. The summed E-state index contributed by atoms with van der Waals surface area (Å²) in [6.45, 7) is 2.25. The average molecular weight is 233 g/mol. The van der Waals surface area contributed by atoms with Gasteiger partial charge in [-0.1, -0.05) is 0 Å². The Hall–Kier alpha value is -1.05. The normalized spacial score (nSPS) is 20.3. The second-order valence-electron chi connectivity index (χ2n) is 3.99. The second-order valence-corrected chi connectivity index (χ2v) is 5.00. The van der Waals surface area contributed by atoms with Gasteiger partial charge >= 0.3 is 0 Å². The molecule has 0 saturated carbocycles. The lowest BCUT2D eigenvalue weighted by atomic mass is 10.0. The molecule has 1 aliphatic heterocycles. The van der Waals surface area contributed by atoms with Crippen LogP contribution < -0.4 is 5.32 Å². The molecule has 1 N–H and O–H groups in total. The fourth-order valence-corrected chi connectivity index (χ4v) is 2.94. The highest BCUT2D eigenvalue weighted by Crippen LogP contribution is 2.24. The number of hydrogen-bond acceptors (Lipinski definition) is 4. The summed E-state index contributed by atoms with van der Waals surface area (Å²) in [5.74, 6) is 1.77. The van der Waals surface area contributed by atoms with E-state index in [1.807, 2.05) is 12.1 Å². The van der Waals surface area contributed by atoms with Crippen molar-refractivity contribution in [3.8, 4) is 6.07 Å². The van der Waals surface area contributed by atoms with Gasteiger partial charge in [-0.2, -0.15) is 5.26 Å². The van der Waals surface area contributed by atoms with Crippen molar-refractivity contribution in [2.24, 2.45) is 5.92 Å². The van der Waals surface area contributed by atoms with Crippen LogP contribution in [-0.2, 0) is 0 Å². The van der Waals surface area contributed by atoms with E-state index >= 15 is 0 Å². The molecule has 1 aliphatic rings. The zero-order valence-electron chi connectivity index (χ0n) is 9.15. The summed E-state index contributed by atoms with van der Waals surface area (Å²) < 4.78 is 0. The van der Waals surface area contributed by atoms with Gasteiger partial charge in [0.1, 0.15) is 11.1 Å². The Labute approximate surface area is 100 Å². The second kappa shape index (κ2) is 5.88. The zero-order valence-corrected chi connectivity index (χ0v) is 9.96. The van der Waals surface area contributed by atoms with Crippen molar-refractivity contribution in [1.82, 2.24) is 10.3 Å². The number of thioether (sulfide) groups is 1. The van der Waals surface area contributed by atoms with Gasteiger partial charge in [0, 0.05) is 11.9 Å². The molecule has 1 aromatic heterocycles. The SMILES string of the molecule is N#Cc1cccnc1SCC1CCCNC1. The maximum atomic E-state index is 8.94. The summed E-state index contributed by atoms with van der Waals surface area (Å²) in [6, 6.07) is 5.82. The Kier molecular flexibility index (Phi) is 4.20. The Morgan fingerprint density at radius 2 is 2.56 bits per heavy atom. The van der Waals surface area contributed by atoms with Crippen LogP contribution in [0.15, 0.2) is 23.4 Å². The zero-order chi connectivity index (χ0) is 11.2. The van der Waals surface area contributed by atoms with Gasteiger partial charge in [-0.15, -0.1) is 11.8 Å². The summed E-state index contributed by atoms with van der Waals surface area (Å²) in [5, 5.41) is 13.2. The Bertz CT molecular complexity index is 380. The quantitative estimate of drug-likeness (QED) is 0.812. The lowest BCUT2D eigenvalue weighted by Crippen LogP contribution is -2.30. The predicted octanol–water partition coefficient (Wildman–Crippen LogP) is 2.04. The van der Waals surface area contributed by atoms with E-state index in [0.29, 0.717) is 11.5 Å². The van der Waals surface area contributed by atoms with Gasteiger partial charge < -0.3 is 5.32 Å². The van der Waals surface area contributed by atoms with Gasteiger partial charge in [0.05, 0.1) is 5.56 Å². The molecule has 1 fully saturated rings. The number of pyridine rings is 1. The minimum Gasteiger partial charge on any atom is -0.316 e. The predicted molar refractivity (Wildman–Crippen MR) is 65.3 cm³/mol. The van der Waals surface area contributed by atoms with Crippen molar-refractivity contribution in [1.29, 1.82) is 5.26 Å². The molecular weight excluding hydrogens is 218 g/mol. The van der Waals surface area contributed by atoms with E-state index in [1.165, 1.54) is 12.8 Å². The smallest absolute Gasteiger partial charge is 0.114 e. The lowest BCUT2D eigenvalue weighted by molar-refractivity contribution is 0.410. The first-order valence-electron chi connectivity index (χ1n) is 5.59. The van der Waals surface area contributed by atoms with Gasteiger partial charge in [-0.25, -0.2) is 4.98 Å². The molecule has 1 atom stereocenters. The molecule has 3 nitrogen and oxygen atoms in total. The number of hydrogen-bond donors (Lipinski definition) is 1. The first kappa shape index (κ1) is 11.4. The summed E-state index contributed by atoms with van der Waals surface area (Å²) in [7, 11) is 0. The van der Waals surface area contributed by atoms with Gasteiger partial charge in [0.15, 0.2) is 0 Å². The van der Waals surface area contributed by atoms with E-state index in [-0.39, 0.29) is 0 Å². The third-order valence-electron chi connectivity index (χ3n) is 2.75. The first-order valence-corrected chi connectivity index (χ1v) is 6.57. The molecule has 1 aromatic rings. The van der Waals surface area contributed by atoms with Crippen LogP contribution in [0.5, 0.6) is 0 Å².